The van der Waals surface area contributed by atoms with Gasteiger partial charge in [0, 0.05) is 25.4 Å². The van der Waals surface area contributed by atoms with Gasteiger partial charge in [0.05, 0.1) is 12.6 Å². The molecule has 102 valence electrons. The SMILES string of the molecule is COc1ccc(C2CN3C(=O)CCC3(CN)C2)cc1. The van der Waals surface area contributed by atoms with Crippen LogP contribution in [0.15, 0.2) is 24.3 Å². The Kier molecular flexibility index (Phi) is 2.97. The fourth-order valence-electron chi connectivity index (χ4n) is 3.52. The van der Waals surface area contributed by atoms with Gasteiger partial charge in [-0.15, -0.1) is 0 Å². The highest BCUT2D eigenvalue weighted by molar-refractivity contribution is 5.80. The van der Waals surface area contributed by atoms with Gasteiger partial charge in [-0.1, -0.05) is 12.1 Å². The quantitative estimate of drug-likeness (QED) is 0.896. The number of fused-ring (bicyclic) bond motifs is 1. The van der Waals surface area contributed by atoms with Crippen molar-refractivity contribution in [1.82, 2.24) is 4.90 Å². The topological polar surface area (TPSA) is 55.6 Å². The summed E-state index contributed by atoms with van der Waals surface area (Å²) < 4.78 is 5.18. The Bertz CT molecular complexity index is 485. The summed E-state index contributed by atoms with van der Waals surface area (Å²) in [7, 11) is 1.67. The first-order valence-electron chi connectivity index (χ1n) is 6.83. The molecule has 1 amide bonds. The van der Waals surface area contributed by atoms with Crippen molar-refractivity contribution in [3.05, 3.63) is 29.8 Å². The molecule has 2 heterocycles. The third-order valence-electron chi connectivity index (χ3n) is 4.67. The number of hydrogen-bond donors (Lipinski definition) is 1. The highest BCUT2D eigenvalue weighted by Crippen LogP contribution is 2.45. The first kappa shape index (κ1) is 12.5. The number of benzene rings is 1. The number of methoxy groups -OCH3 is 1. The molecule has 2 atom stereocenters. The summed E-state index contributed by atoms with van der Waals surface area (Å²) in [6.45, 7) is 1.38. The first-order chi connectivity index (χ1) is 9.18. The van der Waals surface area contributed by atoms with Crippen molar-refractivity contribution in [1.29, 1.82) is 0 Å². The highest BCUT2D eigenvalue weighted by Gasteiger charge is 2.51. The second kappa shape index (κ2) is 4.53. The molecule has 2 fully saturated rings. The van der Waals surface area contributed by atoms with Crippen molar-refractivity contribution in [2.24, 2.45) is 5.73 Å². The zero-order chi connectivity index (χ0) is 13.5. The van der Waals surface area contributed by atoms with Gasteiger partial charge in [0.15, 0.2) is 0 Å². The molecule has 3 rings (SSSR count). The molecule has 2 aliphatic rings. The Morgan fingerprint density at radius 1 is 1.42 bits per heavy atom. The predicted octanol–water partition coefficient (Wildman–Crippen LogP) is 1.50. The van der Waals surface area contributed by atoms with Crippen molar-refractivity contribution in [2.45, 2.75) is 30.7 Å². The minimum absolute atomic E-state index is 0.0817. The molecule has 0 aliphatic carbocycles. The van der Waals surface area contributed by atoms with Crippen LogP contribution in [-0.4, -0.2) is 36.5 Å². The Hall–Kier alpha value is -1.55. The molecule has 1 aromatic carbocycles. The molecule has 0 aromatic heterocycles. The molecule has 2 saturated heterocycles. The van der Waals surface area contributed by atoms with Crippen molar-refractivity contribution in [3.8, 4) is 5.75 Å². The van der Waals surface area contributed by atoms with E-state index in [1.807, 2.05) is 17.0 Å². The van der Waals surface area contributed by atoms with Gasteiger partial charge in [-0.3, -0.25) is 4.79 Å². The summed E-state index contributed by atoms with van der Waals surface area (Å²) in [5.41, 5.74) is 7.14. The molecule has 0 spiro atoms. The fourth-order valence-corrected chi connectivity index (χ4v) is 3.52. The molecular weight excluding hydrogens is 240 g/mol. The van der Waals surface area contributed by atoms with Gasteiger partial charge in [0.25, 0.3) is 0 Å². The largest absolute Gasteiger partial charge is 0.497 e. The van der Waals surface area contributed by atoms with E-state index in [1.54, 1.807) is 7.11 Å². The molecule has 1 aromatic rings. The standard InChI is InChI=1S/C15H20N2O2/c1-19-13-4-2-11(3-5-13)12-8-15(10-16)7-6-14(18)17(15)9-12/h2-5,12H,6-10,16H2,1H3. The molecule has 2 N–H and O–H groups in total. The number of amides is 1. The molecule has 0 radical (unpaired) electrons. The van der Waals surface area contributed by atoms with Gasteiger partial charge >= 0.3 is 0 Å². The third-order valence-corrected chi connectivity index (χ3v) is 4.67. The molecule has 19 heavy (non-hydrogen) atoms. The van der Waals surface area contributed by atoms with Gasteiger partial charge in [0.1, 0.15) is 5.75 Å². The Balaban J connectivity index is 1.83. The van der Waals surface area contributed by atoms with E-state index in [0.717, 1.165) is 25.1 Å². The lowest BCUT2D eigenvalue weighted by Crippen LogP contribution is -2.46. The number of rotatable bonds is 3. The van der Waals surface area contributed by atoms with Crippen molar-refractivity contribution in [3.63, 3.8) is 0 Å². The lowest BCUT2D eigenvalue weighted by atomic mass is 9.87. The van der Waals surface area contributed by atoms with Crippen LogP contribution >= 0.6 is 0 Å². The number of carbonyl (C=O) groups excluding carboxylic acids is 1. The van der Waals surface area contributed by atoms with Crippen LogP contribution in [0, 0.1) is 0 Å². The van der Waals surface area contributed by atoms with Crippen LogP contribution in [0.25, 0.3) is 0 Å². The monoisotopic (exact) mass is 260 g/mol. The van der Waals surface area contributed by atoms with E-state index in [2.05, 4.69) is 12.1 Å². The normalized spacial score (nSPS) is 29.7. The van der Waals surface area contributed by atoms with Gasteiger partial charge in [-0.2, -0.15) is 0 Å². The van der Waals surface area contributed by atoms with E-state index in [0.29, 0.717) is 18.9 Å². The average Bonchev–Trinajstić information content (AvgIpc) is 2.98. The second-order valence-electron chi connectivity index (χ2n) is 5.61. The summed E-state index contributed by atoms with van der Waals surface area (Å²) >= 11 is 0. The zero-order valence-corrected chi connectivity index (χ0v) is 11.3. The summed E-state index contributed by atoms with van der Waals surface area (Å²) in [5, 5.41) is 0. The summed E-state index contributed by atoms with van der Waals surface area (Å²) in [6, 6.07) is 8.16. The molecule has 4 nitrogen and oxygen atoms in total. The predicted molar refractivity (Wildman–Crippen MR) is 73.1 cm³/mol. The summed E-state index contributed by atoms with van der Waals surface area (Å²) in [4.78, 5) is 14.0. The van der Waals surface area contributed by atoms with E-state index in [4.69, 9.17) is 10.5 Å². The Morgan fingerprint density at radius 2 is 2.16 bits per heavy atom. The van der Waals surface area contributed by atoms with Crippen LogP contribution in [0.2, 0.25) is 0 Å². The van der Waals surface area contributed by atoms with Crippen molar-refractivity contribution >= 4 is 5.91 Å². The molecule has 2 unspecified atom stereocenters. The van der Waals surface area contributed by atoms with Gasteiger partial charge in [0.2, 0.25) is 5.91 Å². The fraction of sp³-hybridized carbons (Fsp3) is 0.533. The molecule has 0 saturated carbocycles. The van der Waals surface area contributed by atoms with E-state index < -0.39 is 0 Å². The Morgan fingerprint density at radius 3 is 2.74 bits per heavy atom. The van der Waals surface area contributed by atoms with E-state index in [9.17, 15) is 4.79 Å². The van der Waals surface area contributed by atoms with E-state index in [-0.39, 0.29) is 11.4 Å². The zero-order valence-electron chi connectivity index (χ0n) is 11.3. The average molecular weight is 260 g/mol. The minimum Gasteiger partial charge on any atom is -0.497 e. The second-order valence-corrected chi connectivity index (χ2v) is 5.61. The number of carbonyl (C=O) groups is 1. The molecule has 0 bridgehead atoms. The van der Waals surface area contributed by atoms with Gasteiger partial charge in [-0.25, -0.2) is 0 Å². The van der Waals surface area contributed by atoms with Crippen molar-refractivity contribution < 1.29 is 9.53 Å². The number of ether oxygens (including phenoxy) is 1. The van der Waals surface area contributed by atoms with Crippen LogP contribution in [0.4, 0.5) is 0 Å². The lowest BCUT2D eigenvalue weighted by molar-refractivity contribution is -0.129. The van der Waals surface area contributed by atoms with E-state index in [1.165, 1.54) is 5.56 Å². The maximum absolute atomic E-state index is 11.9. The number of nitrogens with two attached hydrogens (primary N) is 1. The van der Waals surface area contributed by atoms with Gasteiger partial charge in [-0.05, 0) is 30.5 Å². The summed E-state index contributed by atoms with van der Waals surface area (Å²) in [6.07, 6.45) is 2.56. The maximum Gasteiger partial charge on any atom is 0.223 e. The van der Waals surface area contributed by atoms with Crippen LogP contribution in [-0.2, 0) is 4.79 Å². The first-order valence-corrected chi connectivity index (χ1v) is 6.83. The highest BCUT2D eigenvalue weighted by atomic mass is 16.5. The van der Waals surface area contributed by atoms with Crippen LogP contribution in [0.1, 0.15) is 30.7 Å². The maximum atomic E-state index is 11.9. The van der Waals surface area contributed by atoms with E-state index >= 15 is 0 Å². The molecule has 2 aliphatic heterocycles. The van der Waals surface area contributed by atoms with Crippen LogP contribution in [0.3, 0.4) is 0 Å². The lowest BCUT2D eigenvalue weighted by Gasteiger charge is -2.30. The van der Waals surface area contributed by atoms with Gasteiger partial charge < -0.3 is 15.4 Å². The Labute approximate surface area is 113 Å². The smallest absolute Gasteiger partial charge is 0.223 e. The molecule has 4 heteroatoms. The van der Waals surface area contributed by atoms with Crippen molar-refractivity contribution in [2.75, 3.05) is 20.2 Å². The van der Waals surface area contributed by atoms with Crippen LogP contribution in [0.5, 0.6) is 5.75 Å². The minimum atomic E-state index is -0.0817. The number of nitrogens with zero attached hydrogens (tertiary/aromatic N) is 1. The molecular formula is C15H20N2O2. The van der Waals surface area contributed by atoms with Crippen LogP contribution < -0.4 is 10.5 Å². The number of hydrogen-bond acceptors (Lipinski definition) is 3. The third kappa shape index (κ3) is 1.91. The summed E-state index contributed by atoms with van der Waals surface area (Å²) in [5.74, 6) is 1.53.